The fraction of sp³-hybridized carbons (Fsp3) is 0.627. The molecule has 2 unspecified atom stereocenters. The molecular formula is C51H84NO7+. The summed E-state index contributed by atoms with van der Waals surface area (Å²) >= 11 is 0. The first-order chi connectivity index (χ1) is 28.6. The molecule has 0 saturated heterocycles. The molecule has 0 amide bonds. The van der Waals surface area contributed by atoms with Crippen molar-refractivity contribution in [3.05, 3.63) is 97.2 Å². The fourth-order valence-electron chi connectivity index (χ4n) is 5.98. The summed E-state index contributed by atoms with van der Waals surface area (Å²) in [5.74, 6) is -1.58. The Bertz CT molecular complexity index is 1280. The number of carbonyl (C=O) groups is 3. The molecule has 1 N–H and O–H groups in total. The van der Waals surface area contributed by atoms with Gasteiger partial charge in [-0.2, -0.15) is 0 Å². The molecule has 0 spiro atoms. The van der Waals surface area contributed by atoms with Gasteiger partial charge in [-0.15, -0.1) is 0 Å². The summed E-state index contributed by atoms with van der Waals surface area (Å²) in [6.45, 7) is 4.56. The quantitative estimate of drug-likeness (QED) is 0.0217. The summed E-state index contributed by atoms with van der Waals surface area (Å²) in [4.78, 5) is 37.0. The Balaban J connectivity index is 4.50. The van der Waals surface area contributed by atoms with Crippen molar-refractivity contribution in [1.29, 1.82) is 0 Å². The van der Waals surface area contributed by atoms with Crippen molar-refractivity contribution in [3.8, 4) is 0 Å². The van der Waals surface area contributed by atoms with Crippen LogP contribution < -0.4 is 0 Å². The number of ether oxygens (including phenoxy) is 3. The van der Waals surface area contributed by atoms with Crippen LogP contribution in [0, 0.1) is 0 Å². The van der Waals surface area contributed by atoms with E-state index >= 15 is 0 Å². The zero-order valence-corrected chi connectivity index (χ0v) is 37.9. The van der Waals surface area contributed by atoms with Crippen LogP contribution in [-0.2, 0) is 28.6 Å². The third-order valence-electron chi connectivity index (χ3n) is 9.55. The second-order valence-electron chi connectivity index (χ2n) is 16.0. The van der Waals surface area contributed by atoms with Crippen molar-refractivity contribution in [1.82, 2.24) is 0 Å². The molecule has 0 aliphatic rings. The van der Waals surface area contributed by atoms with Gasteiger partial charge in [0.05, 0.1) is 34.4 Å². The maximum atomic E-state index is 12.7. The van der Waals surface area contributed by atoms with Crippen LogP contribution in [0.1, 0.15) is 155 Å². The molecular weight excluding hydrogens is 739 g/mol. The maximum Gasteiger partial charge on any atom is 0.362 e. The highest BCUT2D eigenvalue weighted by Gasteiger charge is 2.31. The van der Waals surface area contributed by atoms with E-state index in [9.17, 15) is 19.5 Å². The SMILES string of the molecule is CCCCC/C=C/C=C/C=C/C=C/CCCCCCCC(=O)OC(COCCC(C(=O)O)[N+](C)(C)C)COC(=O)CCC/C=C/C/C=C/C/C=C/C/C=C/CCCCC. The smallest absolute Gasteiger partial charge is 0.362 e. The lowest BCUT2D eigenvalue weighted by atomic mass is 10.1. The first kappa shape index (κ1) is 55.2. The third-order valence-corrected chi connectivity index (χ3v) is 9.55. The van der Waals surface area contributed by atoms with Crippen LogP contribution in [0.3, 0.4) is 0 Å². The van der Waals surface area contributed by atoms with Crippen molar-refractivity contribution < 1.29 is 38.2 Å². The highest BCUT2D eigenvalue weighted by atomic mass is 16.6. The first-order valence-electron chi connectivity index (χ1n) is 22.8. The van der Waals surface area contributed by atoms with Crippen molar-refractivity contribution in [2.75, 3.05) is 41.0 Å². The van der Waals surface area contributed by atoms with Crippen LogP contribution in [0.15, 0.2) is 97.2 Å². The second-order valence-corrected chi connectivity index (χ2v) is 16.0. The monoisotopic (exact) mass is 823 g/mol. The lowest BCUT2D eigenvalue weighted by Gasteiger charge is -2.31. The van der Waals surface area contributed by atoms with E-state index in [2.05, 4.69) is 105 Å². The van der Waals surface area contributed by atoms with Crippen molar-refractivity contribution >= 4 is 17.9 Å². The van der Waals surface area contributed by atoms with Gasteiger partial charge >= 0.3 is 17.9 Å². The average molecular weight is 823 g/mol. The fourth-order valence-corrected chi connectivity index (χ4v) is 5.98. The average Bonchev–Trinajstić information content (AvgIpc) is 3.19. The Labute approximate surface area is 360 Å². The predicted octanol–water partition coefficient (Wildman–Crippen LogP) is 12.7. The van der Waals surface area contributed by atoms with Gasteiger partial charge in [-0.1, -0.05) is 156 Å². The molecule has 334 valence electrons. The Kier molecular flexibility index (Phi) is 38.4. The molecule has 8 heteroatoms. The Morgan fingerprint density at radius 1 is 0.525 bits per heavy atom. The zero-order chi connectivity index (χ0) is 43.5. The van der Waals surface area contributed by atoms with E-state index in [1.165, 1.54) is 44.9 Å². The number of allylic oxidation sites excluding steroid dienone is 16. The number of aliphatic carboxylic acids is 1. The predicted molar refractivity (Wildman–Crippen MR) is 247 cm³/mol. The van der Waals surface area contributed by atoms with Crippen LogP contribution in [-0.4, -0.2) is 80.6 Å². The third kappa shape index (κ3) is 39.5. The minimum Gasteiger partial charge on any atom is -0.477 e. The Morgan fingerprint density at radius 3 is 1.53 bits per heavy atom. The number of rotatable bonds is 39. The highest BCUT2D eigenvalue weighted by molar-refractivity contribution is 5.72. The minimum atomic E-state index is -0.891. The molecule has 8 nitrogen and oxygen atoms in total. The number of carbonyl (C=O) groups excluding carboxylic acids is 2. The van der Waals surface area contributed by atoms with Gasteiger partial charge in [-0.05, 0) is 77.0 Å². The van der Waals surface area contributed by atoms with E-state index < -0.39 is 18.1 Å². The van der Waals surface area contributed by atoms with E-state index in [-0.39, 0.29) is 49.1 Å². The van der Waals surface area contributed by atoms with Gasteiger partial charge < -0.3 is 23.8 Å². The van der Waals surface area contributed by atoms with E-state index in [1.54, 1.807) is 0 Å². The molecule has 0 aromatic rings. The van der Waals surface area contributed by atoms with Gasteiger partial charge in [0.2, 0.25) is 0 Å². The van der Waals surface area contributed by atoms with Crippen LogP contribution in [0.4, 0.5) is 0 Å². The highest BCUT2D eigenvalue weighted by Crippen LogP contribution is 2.12. The number of carboxylic acid groups (broad SMARTS) is 1. The van der Waals surface area contributed by atoms with E-state index in [0.717, 1.165) is 70.6 Å². The number of carboxylic acids is 1. The number of likely N-dealkylation sites (N-methyl/N-ethyl adjacent to an activating group) is 1. The summed E-state index contributed by atoms with van der Waals surface area (Å²) in [7, 11) is 5.49. The van der Waals surface area contributed by atoms with Crippen LogP contribution >= 0.6 is 0 Å². The van der Waals surface area contributed by atoms with Crippen LogP contribution in [0.5, 0.6) is 0 Å². The molecule has 0 heterocycles. The van der Waals surface area contributed by atoms with Gasteiger partial charge in [0.1, 0.15) is 6.61 Å². The maximum absolute atomic E-state index is 12.7. The normalized spacial score (nSPS) is 13.8. The number of hydrogen-bond acceptors (Lipinski definition) is 6. The summed E-state index contributed by atoms with van der Waals surface area (Å²) < 4.78 is 17.2. The minimum absolute atomic E-state index is 0.0277. The summed E-state index contributed by atoms with van der Waals surface area (Å²) in [5.41, 5.74) is 0. The molecule has 59 heavy (non-hydrogen) atoms. The van der Waals surface area contributed by atoms with Crippen LogP contribution in [0.2, 0.25) is 0 Å². The lowest BCUT2D eigenvalue weighted by molar-refractivity contribution is -0.887. The van der Waals surface area contributed by atoms with Gasteiger partial charge in [-0.3, -0.25) is 9.59 Å². The van der Waals surface area contributed by atoms with Gasteiger partial charge in [0.15, 0.2) is 12.1 Å². The molecule has 0 radical (unpaired) electrons. The molecule has 2 atom stereocenters. The van der Waals surface area contributed by atoms with Gasteiger partial charge in [0, 0.05) is 19.3 Å². The van der Waals surface area contributed by atoms with E-state index in [1.807, 2.05) is 27.2 Å². The Hall–Kier alpha value is -3.75. The molecule has 0 aromatic heterocycles. The number of quaternary nitrogens is 1. The van der Waals surface area contributed by atoms with Crippen LogP contribution in [0.25, 0.3) is 0 Å². The van der Waals surface area contributed by atoms with Gasteiger partial charge in [-0.25, -0.2) is 4.79 Å². The lowest BCUT2D eigenvalue weighted by Crippen LogP contribution is -2.50. The largest absolute Gasteiger partial charge is 0.477 e. The number of esters is 2. The molecule has 0 saturated carbocycles. The van der Waals surface area contributed by atoms with Gasteiger partial charge in [0.25, 0.3) is 0 Å². The second kappa shape index (κ2) is 41.0. The standard InChI is InChI=1S/C51H83NO7/c1-6-8-10-12-14-16-18-20-22-24-26-28-30-32-34-36-38-40-42-50(54)59-47(45-57-44-43-48(51(55)56)52(3,4)5)46-58-49(53)41-39-37-35-33-31-29-27-25-23-21-19-17-15-13-11-9-7-2/h14-18,20-24,26-29,33,35,47-48H,6-13,19,25,30-32,34,36-46H2,1-5H3/p+1/b16-14+,17-15+,20-18+,23-21+,24-22+,28-26+,29-27+,35-33+. The summed E-state index contributed by atoms with van der Waals surface area (Å²) in [6, 6.07) is -0.633. The molecule has 0 bridgehead atoms. The van der Waals surface area contributed by atoms with E-state index in [0.29, 0.717) is 12.8 Å². The summed E-state index contributed by atoms with van der Waals surface area (Å²) in [6.07, 6.45) is 54.5. The topological polar surface area (TPSA) is 99.1 Å². The van der Waals surface area contributed by atoms with Crippen molar-refractivity contribution in [2.24, 2.45) is 0 Å². The van der Waals surface area contributed by atoms with Crippen molar-refractivity contribution in [3.63, 3.8) is 0 Å². The summed E-state index contributed by atoms with van der Waals surface area (Å²) in [5, 5.41) is 9.63. The van der Waals surface area contributed by atoms with Crippen molar-refractivity contribution in [2.45, 2.75) is 167 Å². The first-order valence-corrected chi connectivity index (χ1v) is 22.8. The number of hydrogen-bond donors (Lipinski definition) is 1. The molecule has 0 fully saturated rings. The molecule has 0 rings (SSSR count). The molecule has 0 aliphatic carbocycles. The zero-order valence-electron chi connectivity index (χ0n) is 37.9. The molecule has 0 aromatic carbocycles. The Morgan fingerprint density at radius 2 is 0.983 bits per heavy atom. The number of nitrogens with zero attached hydrogens (tertiary/aromatic N) is 1. The molecule has 0 aliphatic heterocycles. The number of unbranched alkanes of at least 4 members (excludes halogenated alkanes) is 12. The van der Waals surface area contributed by atoms with E-state index in [4.69, 9.17) is 14.2 Å².